The monoisotopic (exact) mass is 407 g/mol. The van der Waals surface area contributed by atoms with Gasteiger partial charge in [-0.2, -0.15) is 4.79 Å². The molecule has 0 aliphatic rings. The molecule has 10 heteroatoms. The number of carbonyl (C=O) groups is 2. The standard InChI is InChI=1S/C18H25N3O6Si/c1-18(2,3)28(5,6)27-15(11-14(22)16(20-19)17(23)26-4)12-9-7-8-10-13(12)21(24)25/h7-10,15H,11H2,1-6H3. The fourth-order valence-corrected chi connectivity index (χ4v) is 3.52. The first-order chi connectivity index (χ1) is 12.9. The number of nitrogens with zero attached hydrogens (tertiary/aromatic N) is 3. The first-order valence-electron chi connectivity index (χ1n) is 8.60. The number of ketones is 1. The molecule has 1 unspecified atom stereocenters. The Bertz CT molecular complexity index is 825. The molecule has 0 aliphatic heterocycles. The summed E-state index contributed by atoms with van der Waals surface area (Å²) >= 11 is 0. The highest BCUT2D eigenvalue weighted by molar-refractivity contribution is 6.74. The summed E-state index contributed by atoms with van der Waals surface area (Å²) in [5, 5.41) is 11.2. The van der Waals surface area contributed by atoms with E-state index in [1.165, 1.54) is 18.2 Å². The van der Waals surface area contributed by atoms with Crippen molar-refractivity contribution in [2.75, 3.05) is 7.11 Å². The Morgan fingerprint density at radius 2 is 1.86 bits per heavy atom. The predicted octanol–water partition coefficient (Wildman–Crippen LogP) is 3.46. The second-order valence-corrected chi connectivity index (χ2v) is 12.5. The Morgan fingerprint density at radius 1 is 1.29 bits per heavy atom. The Balaban J connectivity index is 3.42. The number of nitro groups is 1. The van der Waals surface area contributed by atoms with Gasteiger partial charge in [-0.15, -0.1) is 0 Å². The minimum Gasteiger partial charge on any atom is -0.460 e. The molecule has 9 nitrogen and oxygen atoms in total. The van der Waals surface area contributed by atoms with E-state index < -0.39 is 43.2 Å². The molecule has 0 saturated carbocycles. The average Bonchev–Trinajstić information content (AvgIpc) is 2.60. The molecular weight excluding hydrogens is 382 g/mol. The van der Waals surface area contributed by atoms with E-state index >= 15 is 0 Å². The van der Waals surface area contributed by atoms with E-state index in [0.29, 0.717) is 0 Å². The van der Waals surface area contributed by atoms with Crippen LogP contribution >= 0.6 is 0 Å². The second-order valence-electron chi connectivity index (χ2n) is 7.75. The zero-order chi connectivity index (χ0) is 21.7. The van der Waals surface area contributed by atoms with Crippen molar-refractivity contribution in [2.45, 2.75) is 51.4 Å². The molecule has 1 rings (SSSR count). The first kappa shape index (κ1) is 23.4. The minimum atomic E-state index is -2.45. The van der Waals surface area contributed by atoms with E-state index in [9.17, 15) is 19.7 Å². The molecule has 28 heavy (non-hydrogen) atoms. The molecule has 0 heterocycles. The topological polar surface area (TPSA) is 132 Å². The number of ether oxygens (including phenoxy) is 1. The van der Waals surface area contributed by atoms with Gasteiger partial charge in [-0.05, 0) is 24.2 Å². The number of hydrogen-bond acceptors (Lipinski definition) is 6. The van der Waals surface area contributed by atoms with Crippen LogP contribution in [0.2, 0.25) is 18.1 Å². The normalized spacial score (nSPS) is 12.6. The molecule has 0 amide bonds. The minimum absolute atomic E-state index is 0.195. The molecule has 152 valence electrons. The van der Waals surface area contributed by atoms with Crippen LogP contribution in [-0.4, -0.2) is 42.6 Å². The molecule has 0 radical (unpaired) electrons. The summed E-state index contributed by atoms with van der Waals surface area (Å²) in [7, 11) is -1.40. The summed E-state index contributed by atoms with van der Waals surface area (Å²) < 4.78 is 10.7. The van der Waals surface area contributed by atoms with Gasteiger partial charge in [-0.1, -0.05) is 32.9 Å². The molecule has 1 atom stereocenters. The molecule has 0 N–H and O–H groups in total. The average molecular weight is 407 g/mol. The largest absolute Gasteiger partial charge is 0.460 e. The van der Waals surface area contributed by atoms with Crippen molar-refractivity contribution in [1.29, 1.82) is 0 Å². The lowest BCUT2D eigenvalue weighted by atomic mass is 10.0. The van der Waals surface area contributed by atoms with Gasteiger partial charge in [0.2, 0.25) is 0 Å². The number of Topliss-reactive ketones (excluding diaryl/α,β-unsaturated/α-hetero) is 1. The summed E-state index contributed by atoms with van der Waals surface area (Å²) in [6.45, 7) is 9.87. The summed E-state index contributed by atoms with van der Waals surface area (Å²) in [4.78, 5) is 37.8. The highest BCUT2D eigenvalue weighted by Crippen LogP contribution is 2.42. The zero-order valence-electron chi connectivity index (χ0n) is 16.9. The Kier molecular flexibility index (Phi) is 7.51. The fraction of sp³-hybridized carbons (Fsp3) is 0.500. The van der Waals surface area contributed by atoms with Crippen molar-refractivity contribution in [1.82, 2.24) is 0 Å². The quantitative estimate of drug-likeness (QED) is 0.0947. The van der Waals surface area contributed by atoms with Crippen LogP contribution in [0.15, 0.2) is 24.3 Å². The molecule has 0 saturated heterocycles. The lowest BCUT2D eigenvalue weighted by molar-refractivity contribution is -0.386. The molecular formula is C18H25N3O6Si. The molecule has 0 spiro atoms. The van der Waals surface area contributed by atoms with Crippen LogP contribution in [0.3, 0.4) is 0 Å². The number of hydrogen-bond donors (Lipinski definition) is 0. The third-order valence-electron chi connectivity index (χ3n) is 4.84. The zero-order valence-corrected chi connectivity index (χ0v) is 17.9. The van der Waals surface area contributed by atoms with Crippen molar-refractivity contribution < 1.29 is 28.5 Å². The molecule has 0 aromatic heterocycles. The number of rotatable bonds is 8. The number of benzene rings is 1. The SMILES string of the molecule is COC(=O)C(=[N+]=[N-])C(=O)CC(O[Si](C)(C)C(C)(C)C)c1ccccc1[N+](=O)[O-]. The van der Waals surface area contributed by atoms with Crippen molar-refractivity contribution in [2.24, 2.45) is 0 Å². The van der Waals surface area contributed by atoms with E-state index in [-0.39, 0.29) is 16.3 Å². The fourth-order valence-electron chi connectivity index (χ4n) is 2.25. The van der Waals surface area contributed by atoms with E-state index in [1.54, 1.807) is 6.07 Å². The van der Waals surface area contributed by atoms with Crippen LogP contribution in [0.1, 0.15) is 38.9 Å². The van der Waals surface area contributed by atoms with Crippen molar-refractivity contribution in [3.8, 4) is 0 Å². The van der Waals surface area contributed by atoms with Gasteiger partial charge < -0.3 is 14.7 Å². The lowest BCUT2D eigenvalue weighted by Gasteiger charge is -2.39. The number of nitro benzene ring substituents is 1. The van der Waals surface area contributed by atoms with Gasteiger partial charge in [-0.25, -0.2) is 4.79 Å². The third kappa shape index (κ3) is 5.41. The highest BCUT2D eigenvalue weighted by Gasteiger charge is 2.42. The second kappa shape index (κ2) is 9.00. The third-order valence-corrected chi connectivity index (χ3v) is 9.32. The Labute approximate surface area is 164 Å². The van der Waals surface area contributed by atoms with E-state index in [4.69, 9.17) is 9.96 Å². The Hall–Kier alpha value is -2.68. The van der Waals surface area contributed by atoms with Gasteiger partial charge in [0.05, 0.1) is 23.7 Å². The summed E-state index contributed by atoms with van der Waals surface area (Å²) in [6, 6.07) is 5.96. The number of esters is 1. The van der Waals surface area contributed by atoms with Gasteiger partial charge in [0.15, 0.2) is 8.32 Å². The maximum absolute atomic E-state index is 12.5. The number of carbonyl (C=O) groups excluding carboxylic acids is 2. The lowest BCUT2D eigenvalue weighted by Crippen LogP contribution is -2.42. The van der Waals surface area contributed by atoms with E-state index in [0.717, 1.165) is 7.11 Å². The van der Waals surface area contributed by atoms with Gasteiger partial charge >= 0.3 is 11.7 Å². The van der Waals surface area contributed by atoms with Crippen LogP contribution in [0.5, 0.6) is 0 Å². The van der Waals surface area contributed by atoms with E-state index in [1.807, 2.05) is 33.9 Å². The van der Waals surface area contributed by atoms with Crippen LogP contribution < -0.4 is 0 Å². The summed E-state index contributed by atoms with van der Waals surface area (Å²) in [6.07, 6.45) is -1.40. The number of para-hydroxylation sites is 1. The van der Waals surface area contributed by atoms with Gasteiger partial charge in [-0.3, -0.25) is 14.9 Å². The molecule has 0 fully saturated rings. The van der Waals surface area contributed by atoms with E-state index in [2.05, 4.69) is 9.53 Å². The van der Waals surface area contributed by atoms with Gasteiger partial charge in [0.25, 0.3) is 11.5 Å². The number of methoxy groups -OCH3 is 1. The molecule has 1 aromatic rings. The molecule has 0 aliphatic carbocycles. The van der Waals surface area contributed by atoms with Crippen LogP contribution in [-0.2, 0) is 18.8 Å². The van der Waals surface area contributed by atoms with Crippen molar-refractivity contribution in [3.05, 3.63) is 45.5 Å². The van der Waals surface area contributed by atoms with Gasteiger partial charge in [0, 0.05) is 12.5 Å². The molecule has 0 bridgehead atoms. The molecule has 1 aromatic carbocycles. The first-order valence-corrected chi connectivity index (χ1v) is 11.5. The van der Waals surface area contributed by atoms with Crippen LogP contribution in [0, 0.1) is 10.1 Å². The summed E-state index contributed by atoms with van der Waals surface area (Å²) in [5.74, 6) is -1.93. The van der Waals surface area contributed by atoms with Crippen LogP contribution in [0.4, 0.5) is 5.69 Å². The van der Waals surface area contributed by atoms with Crippen molar-refractivity contribution in [3.63, 3.8) is 0 Å². The predicted molar refractivity (Wildman–Crippen MR) is 104 cm³/mol. The maximum atomic E-state index is 12.5. The maximum Gasteiger partial charge on any atom is 0.441 e. The highest BCUT2D eigenvalue weighted by atomic mass is 28.4. The Morgan fingerprint density at radius 3 is 2.32 bits per heavy atom. The smallest absolute Gasteiger partial charge is 0.441 e. The summed E-state index contributed by atoms with van der Waals surface area (Å²) in [5.41, 5.74) is 8.25. The van der Waals surface area contributed by atoms with Crippen molar-refractivity contribution >= 4 is 31.5 Å². The van der Waals surface area contributed by atoms with Gasteiger partial charge in [0.1, 0.15) is 0 Å². The van der Waals surface area contributed by atoms with Crippen LogP contribution in [0.25, 0.3) is 5.53 Å².